The molecule has 0 aliphatic rings. The zero-order valence-electron chi connectivity index (χ0n) is 7.47. The molecule has 0 spiro atoms. The number of hydrogen-bond donors (Lipinski definition) is 1. The summed E-state index contributed by atoms with van der Waals surface area (Å²) in [5.74, 6) is 0.122. The molecule has 0 unspecified atom stereocenters. The average molecular weight is 248 g/mol. The van der Waals surface area contributed by atoms with E-state index in [2.05, 4.69) is 15.9 Å². The number of halogens is 2. The molecule has 0 amide bonds. The van der Waals surface area contributed by atoms with Gasteiger partial charge in [-0.1, -0.05) is 0 Å². The maximum absolute atomic E-state index is 12.8. The second kappa shape index (κ2) is 3.96. The van der Waals surface area contributed by atoms with Gasteiger partial charge in [0.2, 0.25) is 0 Å². The van der Waals surface area contributed by atoms with Crippen LogP contribution in [0.4, 0.5) is 10.1 Å². The Balaban J connectivity index is 3.06. The molecule has 0 fully saturated rings. The van der Waals surface area contributed by atoms with Crippen LogP contribution in [-0.2, 0) is 0 Å². The van der Waals surface area contributed by atoms with Crippen molar-refractivity contribution >= 4 is 21.6 Å². The topological polar surface area (TPSA) is 35.2 Å². The van der Waals surface area contributed by atoms with E-state index in [1.165, 1.54) is 12.1 Å². The van der Waals surface area contributed by atoms with E-state index in [1.807, 2.05) is 13.8 Å². The number of nitrogen functional groups attached to an aromatic ring is 1. The summed E-state index contributed by atoms with van der Waals surface area (Å²) >= 11 is 3.18. The van der Waals surface area contributed by atoms with Crippen molar-refractivity contribution in [2.24, 2.45) is 0 Å². The highest BCUT2D eigenvalue weighted by Crippen LogP contribution is 2.32. The van der Waals surface area contributed by atoms with Crippen molar-refractivity contribution in [1.82, 2.24) is 0 Å². The third-order valence-corrected chi connectivity index (χ3v) is 1.98. The monoisotopic (exact) mass is 247 g/mol. The lowest BCUT2D eigenvalue weighted by Gasteiger charge is -2.13. The first-order valence-corrected chi connectivity index (χ1v) is 4.71. The SMILES string of the molecule is CC(C)Oc1c(N)cc(F)cc1Br. The van der Waals surface area contributed by atoms with Gasteiger partial charge in [-0.05, 0) is 35.8 Å². The van der Waals surface area contributed by atoms with Crippen LogP contribution in [-0.4, -0.2) is 6.10 Å². The molecule has 1 aromatic carbocycles. The minimum Gasteiger partial charge on any atom is -0.488 e. The van der Waals surface area contributed by atoms with Crippen molar-refractivity contribution in [3.05, 3.63) is 22.4 Å². The van der Waals surface area contributed by atoms with Crippen LogP contribution in [0, 0.1) is 5.82 Å². The van der Waals surface area contributed by atoms with Crippen molar-refractivity contribution in [1.29, 1.82) is 0 Å². The molecule has 13 heavy (non-hydrogen) atoms. The summed E-state index contributed by atoms with van der Waals surface area (Å²) in [7, 11) is 0. The summed E-state index contributed by atoms with van der Waals surface area (Å²) in [6.45, 7) is 3.77. The van der Waals surface area contributed by atoms with Gasteiger partial charge in [0.25, 0.3) is 0 Å². The molecule has 0 atom stereocenters. The first kappa shape index (κ1) is 10.3. The number of anilines is 1. The van der Waals surface area contributed by atoms with E-state index >= 15 is 0 Å². The minimum atomic E-state index is -0.375. The molecule has 72 valence electrons. The number of hydrogen-bond acceptors (Lipinski definition) is 2. The van der Waals surface area contributed by atoms with E-state index < -0.39 is 0 Å². The number of ether oxygens (including phenoxy) is 1. The second-order valence-corrected chi connectivity index (χ2v) is 3.83. The van der Waals surface area contributed by atoms with Gasteiger partial charge in [0.1, 0.15) is 5.82 Å². The Morgan fingerprint density at radius 1 is 1.46 bits per heavy atom. The van der Waals surface area contributed by atoms with Gasteiger partial charge in [0.15, 0.2) is 5.75 Å². The maximum Gasteiger partial charge on any atom is 0.156 e. The van der Waals surface area contributed by atoms with E-state index in [-0.39, 0.29) is 11.9 Å². The standard InChI is InChI=1S/C9H11BrFNO/c1-5(2)13-9-7(10)3-6(11)4-8(9)12/h3-5H,12H2,1-2H3. The van der Waals surface area contributed by atoms with Gasteiger partial charge in [0.05, 0.1) is 16.3 Å². The first-order chi connectivity index (χ1) is 6.00. The van der Waals surface area contributed by atoms with Gasteiger partial charge >= 0.3 is 0 Å². The quantitative estimate of drug-likeness (QED) is 0.816. The smallest absolute Gasteiger partial charge is 0.156 e. The summed E-state index contributed by atoms with van der Waals surface area (Å²) in [5.41, 5.74) is 5.88. The third-order valence-electron chi connectivity index (χ3n) is 1.39. The molecule has 0 aromatic heterocycles. The fraction of sp³-hybridized carbons (Fsp3) is 0.333. The highest BCUT2D eigenvalue weighted by molar-refractivity contribution is 9.10. The molecule has 1 rings (SSSR count). The predicted octanol–water partition coefficient (Wildman–Crippen LogP) is 2.96. The zero-order chi connectivity index (χ0) is 10.0. The summed E-state index contributed by atoms with van der Waals surface area (Å²) in [6.07, 6.45) is 0.0176. The fourth-order valence-electron chi connectivity index (χ4n) is 0.940. The molecule has 0 aliphatic carbocycles. The predicted molar refractivity (Wildman–Crippen MR) is 54.3 cm³/mol. The highest BCUT2D eigenvalue weighted by Gasteiger charge is 2.09. The van der Waals surface area contributed by atoms with E-state index in [1.54, 1.807) is 0 Å². The van der Waals surface area contributed by atoms with E-state index in [0.717, 1.165) is 0 Å². The normalized spacial score (nSPS) is 10.5. The van der Waals surface area contributed by atoms with Crippen LogP contribution in [0.15, 0.2) is 16.6 Å². The minimum absolute atomic E-state index is 0.0176. The molecular formula is C9H11BrFNO. The summed E-state index contributed by atoms with van der Waals surface area (Å²) in [4.78, 5) is 0. The Hall–Kier alpha value is -0.770. The van der Waals surface area contributed by atoms with E-state index in [4.69, 9.17) is 10.5 Å². The van der Waals surface area contributed by atoms with Crippen molar-refractivity contribution in [2.75, 3.05) is 5.73 Å². The molecular weight excluding hydrogens is 237 g/mol. The Labute approximate surface area is 85.0 Å². The molecule has 2 nitrogen and oxygen atoms in total. The first-order valence-electron chi connectivity index (χ1n) is 3.92. The van der Waals surface area contributed by atoms with Crippen LogP contribution in [0.5, 0.6) is 5.75 Å². The number of rotatable bonds is 2. The van der Waals surface area contributed by atoms with Crippen LogP contribution in [0.3, 0.4) is 0 Å². The Morgan fingerprint density at radius 2 is 2.08 bits per heavy atom. The molecule has 1 aromatic rings. The van der Waals surface area contributed by atoms with Gasteiger partial charge in [-0.25, -0.2) is 4.39 Å². The molecule has 4 heteroatoms. The van der Waals surface area contributed by atoms with E-state index in [0.29, 0.717) is 15.9 Å². The highest BCUT2D eigenvalue weighted by atomic mass is 79.9. The molecule has 0 radical (unpaired) electrons. The Bertz CT molecular complexity index is 291. The lowest BCUT2D eigenvalue weighted by molar-refractivity contribution is 0.242. The lowest BCUT2D eigenvalue weighted by atomic mass is 10.3. The fourth-order valence-corrected chi connectivity index (χ4v) is 1.48. The summed E-state index contributed by atoms with van der Waals surface area (Å²) in [5, 5.41) is 0. The molecule has 2 N–H and O–H groups in total. The number of benzene rings is 1. The van der Waals surface area contributed by atoms with Crippen molar-refractivity contribution in [3.8, 4) is 5.75 Å². The lowest BCUT2D eigenvalue weighted by Crippen LogP contribution is -2.08. The number of nitrogens with two attached hydrogens (primary N) is 1. The summed E-state index contributed by atoms with van der Waals surface area (Å²) < 4.78 is 18.7. The molecule has 0 saturated carbocycles. The van der Waals surface area contributed by atoms with Crippen LogP contribution >= 0.6 is 15.9 Å². The maximum atomic E-state index is 12.8. The molecule has 0 bridgehead atoms. The Kier molecular flexibility index (Phi) is 3.14. The molecule has 0 saturated heterocycles. The van der Waals surface area contributed by atoms with Crippen molar-refractivity contribution in [3.63, 3.8) is 0 Å². The van der Waals surface area contributed by atoms with Gasteiger partial charge in [0, 0.05) is 6.07 Å². The largest absolute Gasteiger partial charge is 0.488 e. The van der Waals surface area contributed by atoms with Crippen LogP contribution in [0.1, 0.15) is 13.8 Å². The van der Waals surface area contributed by atoms with Gasteiger partial charge in [-0.15, -0.1) is 0 Å². The van der Waals surface area contributed by atoms with E-state index in [9.17, 15) is 4.39 Å². The van der Waals surface area contributed by atoms with Crippen LogP contribution in [0.2, 0.25) is 0 Å². The second-order valence-electron chi connectivity index (χ2n) is 2.97. The molecule has 0 heterocycles. The van der Waals surface area contributed by atoms with Gasteiger partial charge in [-0.3, -0.25) is 0 Å². The van der Waals surface area contributed by atoms with Crippen molar-refractivity contribution in [2.45, 2.75) is 20.0 Å². The van der Waals surface area contributed by atoms with Crippen LogP contribution < -0.4 is 10.5 Å². The van der Waals surface area contributed by atoms with Crippen molar-refractivity contribution < 1.29 is 9.13 Å². The van der Waals surface area contributed by atoms with Crippen LogP contribution in [0.25, 0.3) is 0 Å². The summed E-state index contributed by atoms with van der Waals surface area (Å²) in [6, 6.07) is 2.57. The average Bonchev–Trinajstić information content (AvgIpc) is 1.96. The third kappa shape index (κ3) is 2.59. The van der Waals surface area contributed by atoms with Gasteiger partial charge < -0.3 is 10.5 Å². The zero-order valence-corrected chi connectivity index (χ0v) is 9.06. The molecule has 0 aliphatic heterocycles. The van der Waals surface area contributed by atoms with Gasteiger partial charge in [-0.2, -0.15) is 0 Å². The Morgan fingerprint density at radius 3 is 2.54 bits per heavy atom.